The van der Waals surface area contributed by atoms with Crippen LogP contribution in [0.1, 0.15) is 43.5 Å². The summed E-state index contributed by atoms with van der Waals surface area (Å²) in [5, 5.41) is 5.88. The fourth-order valence-electron chi connectivity index (χ4n) is 2.92. The number of hydrogen-bond acceptors (Lipinski definition) is 3. The van der Waals surface area contributed by atoms with E-state index < -0.39 is 10.0 Å². The standard InChI is InChI=1S/C20H27N3O3S/c1-5-15-9-7-10-16(6-2)19(15)22-20(24)21-14(3)17-11-8-12-18(13-17)23-27(4,25)26/h7-14,23H,5-6H2,1-4H3,(H2,21,22,24). The molecule has 2 amide bonds. The molecule has 7 heteroatoms. The Kier molecular flexibility index (Phi) is 6.85. The van der Waals surface area contributed by atoms with E-state index in [0.717, 1.165) is 41.5 Å². The highest BCUT2D eigenvalue weighted by Crippen LogP contribution is 2.23. The van der Waals surface area contributed by atoms with Gasteiger partial charge in [0.25, 0.3) is 0 Å². The molecular weight excluding hydrogens is 362 g/mol. The lowest BCUT2D eigenvalue weighted by atomic mass is 10.0. The Hall–Kier alpha value is -2.54. The first-order chi connectivity index (χ1) is 12.7. The van der Waals surface area contributed by atoms with Gasteiger partial charge in [-0.15, -0.1) is 0 Å². The highest BCUT2D eigenvalue weighted by molar-refractivity contribution is 7.92. The van der Waals surface area contributed by atoms with E-state index in [1.165, 1.54) is 0 Å². The first-order valence-electron chi connectivity index (χ1n) is 8.99. The molecule has 0 spiro atoms. The van der Waals surface area contributed by atoms with Crippen LogP contribution in [0.25, 0.3) is 0 Å². The Bertz CT molecular complexity index is 888. The number of para-hydroxylation sites is 1. The van der Waals surface area contributed by atoms with Gasteiger partial charge in [-0.25, -0.2) is 13.2 Å². The summed E-state index contributed by atoms with van der Waals surface area (Å²) in [6.45, 7) is 5.97. The third kappa shape index (κ3) is 5.99. The minimum atomic E-state index is -3.35. The molecule has 0 bridgehead atoms. The van der Waals surface area contributed by atoms with Crippen molar-refractivity contribution in [3.05, 3.63) is 59.2 Å². The van der Waals surface area contributed by atoms with Gasteiger partial charge in [-0.2, -0.15) is 0 Å². The number of carbonyl (C=O) groups excluding carboxylic acids is 1. The summed E-state index contributed by atoms with van der Waals surface area (Å²) in [4.78, 5) is 12.5. The van der Waals surface area contributed by atoms with Crippen molar-refractivity contribution in [1.82, 2.24) is 5.32 Å². The fourth-order valence-corrected chi connectivity index (χ4v) is 3.47. The molecule has 6 nitrogen and oxygen atoms in total. The summed E-state index contributed by atoms with van der Waals surface area (Å²) in [7, 11) is -3.35. The minimum Gasteiger partial charge on any atom is -0.331 e. The summed E-state index contributed by atoms with van der Waals surface area (Å²) >= 11 is 0. The molecule has 146 valence electrons. The lowest BCUT2D eigenvalue weighted by Gasteiger charge is -2.19. The maximum Gasteiger partial charge on any atom is 0.319 e. The lowest BCUT2D eigenvalue weighted by molar-refractivity contribution is 0.249. The van der Waals surface area contributed by atoms with Gasteiger partial charge in [0.1, 0.15) is 0 Å². The third-order valence-corrected chi connectivity index (χ3v) is 4.88. The molecule has 0 heterocycles. The summed E-state index contributed by atoms with van der Waals surface area (Å²) in [6.07, 6.45) is 2.77. The van der Waals surface area contributed by atoms with Crippen molar-refractivity contribution in [2.45, 2.75) is 39.7 Å². The molecule has 0 fully saturated rings. The van der Waals surface area contributed by atoms with Crippen molar-refractivity contribution >= 4 is 27.4 Å². The Morgan fingerprint density at radius 1 is 1.04 bits per heavy atom. The lowest BCUT2D eigenvalue weighted by Crippen LogP contribution is -2.32. The molecule has 27 heavy (non-hydrogen) atoms. The molecule has 1 atom stereocenters. The van der Waals surface area contributed by atoms with Crippen LogP contribution < -0.4 is 15.4 Å². The number of carbonyl (C=O) groups is 1. The molecule has 2 aromatic carbocycles. The number of hydrogen-bond donors (Lipinski definition) is 3. The fraction of sp³-hybridized carbons (Fsp3) is 0.350. The van der Waals surface area contributed by atoms with Crippen molar-refractivity contribution in [3.63, 3.8) is 0 Å². The smallest absolute Gasteiger partial charge is 0.319 e. The predicted molar refractivity (Wildman–Crippen MR) is 111 cm³/mol. The second kappa shape index (κ2) is 8.90. The first-order valence-corrected chi connectivity index (χ1v) is 10.9. The quantitative estimate of drug-likeness (QED) is 0.667. The largest absolute Gasteiger partial charge is 0.331 e. The van der Waals surface area contributed by atoms with Gasteiger partial charge in [0.05, 0.1) is 12.3 Å². The van der Waals surface area contributed by atoms with Gasteiger partial charge in [0, 0.05) is 11.4 Å². The molecule has 2 rings (SSSR count). The van der Waals surface area contributed by atoms with Crippen molar-refractivity contribution < 1.29 is 13.2 Å². The van der Waals surface area contributed by atoms with E-state index in [4.69, 9.17) is 0 Å². The van der Waals surface area contributed by atoms with Crippen LogP contribution in [0.3, 0.4) is 0 Å². The zero-order valence-electron chi connectivity index (χ0n) is 16.2. The van der Waals surface area contributed by atoms with Gasteiger partial charge in [0.15, 0.2) is 0 Å². The highest BCUT2D eigenvalue weighted by Gasteiger charge is 2.14. The van der Waals surface area contributed by atoms with Crippen molar-refractivity contribution in [1.29, 1.82) is 0 Å². The van der Waals surface area contributed by atoms with Crippen LogP contribution in [0.2, 0.25) is 0 Å². The highest BCUT2D eigenvalue weighted by atomic mass is 32.2. The monoisotopic (exact) mass is 389 g/mol. The van der Waals surface area contributed by atoms with Crippen LogP contribution in [0, 0.1) is 0 Å². The molecule has 3 N–H and O–H groups in total. The molecule has 0 saturated heterocycles. The number of urea groups is 1. The van der Waals surface area contributed by atoms with Crippen LogP contribution in [-0.4, -0.2) is 20.7 Å². The number of nitrogens with one attached hydrogen (secondary N) is 3. The zero-order valence-corrected chi connectivity index (χ0v) is 17.0. The Morgan fingerprint density at radius 3 is 2.19 bits per heavy atom. The summed E-state index contributed by atoms with van der Waals surface area (Å²) in [5.41, 5.74) is 4.32. The molecule has 0 aliphatic heterocycles. The van der Waals surface area contributed by atoms with E-state index in [2.05, 4.69) is 29.2 Å². The molecule has 0 radical (unpaired) electrons. The Morgan fingerprint density at radius 2 is 1.63 bits per heavy atom. The van der Waals surface area contributed by atoms with Gasteiger partial charge in [-0.05, 0) is 48.6 Å². The van der Waals surface area contributed by atoms with Crippen LogP contribution in [-0.2, 0) is 22.9 Å². The second-order valence-electron chi connectivity index (χ2n) is 6.48. The predicted octanol–water partition coefficient (Wildman–Crippen LogP) is 4.07. The number of benzene rings is 2. The molecule has 1 unspecified atom stereocenters. The average Bonchev–Trinajstić information content (AvgIpc) is 2.60. The van der Waals surface area contributed by atoms with E-state index in [9.17, 15) is 13.2 Å². The van der Waals surface area contributed by atoms with E-state index in [0.29, 0.717) is 5.69 Å². The van der Waals surface area contributed by atoms with Gasteiger partial charge in [-0.3, -0.25) is 4.72 Å². The van der Waals surface area contributed by atoms with E-state index >= 15 is 0 Å². The van der Waals surface area contributed by atoms with E-state index in [-0.39, 0.29) is 12.1 Å². The zero-order chi connectivity index (χ0) is 20.0. The van der Waals surface area contributed by atoms with Crippen LogP contribution in [0.4, 0.5) is 16.2 Å². The second-order valence-corrected chi connectivity index (χ2v) is 8.23. The Labute approximate surface area is 161 Å². The number of rotatable bonds is 7. The van der Waals surface area contributed by atoms with Gasteiger partial charge < -0.3 is 10.6 Å². The van der Waals surface area contributed by atoms with E-state index in [1.54, 1.807) is 18.2 Å². The molecular formula is C20H27N3O3S. The minimum absolute atomic E-state index is 0.287. The van der Waals surface area contributed by atoms with Crippen LogP contribution >= 0.6 is 0 Å². The SMILES string of the molecule is CCc1cccc(CC)c1NC(=O)NC(C)c1cccc(NS(C)(=O)=O)c1. The number of aryl methyl sites for hydroxylation is 2. The maximum absolute atomic E-state index is 12.5. The summed E-state index contributed by atoms with van der Waals surface area (Å²) in [6, 6.07) is 12.4. The van der Waals surface area contributed by atoms with Crippen LogP contribution in [0.15, 0.2) is 42.5 Å². The number of amides is 2. The van der Waals surface area contributed by atoms with Crippen molar-refractivity contribution in [3.8, 4) is 0 Å². The van der Waals surface area contributed by atoms with Gasteiger partial charge in [0.2, 0.25) is 10.0 Å². The molecule has 0 aliphatic rings. The Balaban J connectivity index is 2.12. The van der Waals surface area contributed by atoms with Crippen LogP contribution in [0.5, 0.6) is 0 Å². The topological polar surface area (TPSA) is 87.3 Å². The van der Waals surface area contributed by atoms with Crippen molar-refractivity contribution in [2.75, 3.05) is 16.3 Å². The molecule has 0 aliphatic carbocycles. The number of sulfonamides is 1. The van der Waals surface area contributed by atoms with Gasteiger partial charge in [-0.1, -0.05) is 44.2 Å². The summed E-state index contributed by atoms with van der Waals surface area (Å²) in [5.74, 6) is 0. The third-order valence-electron chi connectivity index (χ3n) is 4.27. The maximum atomic E-state index is 12.5. The average molecular weight is 390 g/mol. The summed E-state index contributed by atoms with van der Waals surface area (Å²) < 4.78 is 25.2. The van der Waals surface area contributed by atoms with Crippen molar-refractivity contribution in [2.24, 2.45) is 0 Å². The molecule has 0 aromatic heterocycles. The number of anilines is 2. The normalized spacial score (nSPS) is 12.3. The van der Waals surface area contributed by atoms with Gasteiger partial charge >= 0.3 is 6.03 Å². The molecule has 0 saturated carbocycles. The van der Waals surface area contributed by atoms with E-state index in [1.807, 2.05) is 31.2 Å². The molecule has 2 aromatic rings. The first kappa shape index (κ1) is 20.8.